The number of halogens is 1. The highest BCUT2D eigenvalue weighted by atomic mass is 35.5. The number of nitrogens with zero attached hydrogens (tertiary/aromatic N) is 5. The Balaban J connectivity index is 1.35. The van der Waals surface area contributed by atoms with Crippen molar-refractivity contribution in [1.82, 2.24) is 19.3 Å². The highest BCUT2D eigenvalue weighted by Crippen LogP contribution is 2.29. The fourth-order valence-corrected chi connectivity index (χ4v) is 4.94. The van der Waals surface area contributed by atoms with Crippen LogP contribution in [0.25, 0.3) is 0 Å². The molecule has 33 heavy (non-hydrogen) atoms. The van der Waals surface area contributed by atoms with Gasteiger partial charge in [-0.3, -0.25) is 4.79 Å². The Morgan fingerprint density at radius 1 is 1.24 bits per heavy atom. The first-order chi connectivity index (χ1) is 16.2. The Labute approximate surface area is 197 Å². The second-order valence-electron chi connectivity index (χ2n) is 8.55. The minimum atomic E-state index is -0.331. The average molecular weight is 470 g/mol. The van der Waals surface area contributed by atoms with E-state index in [4.69, 9.17) is 21.1 Å². The van der Waals surface area contributed by atoms with Gasteiger partial charge in [-0.25, -0.2) is 4.98 Å². The first-order valence-corrected chi connectivity index (χ1v) is 11.8. The molecule has 0 saturated carbocycles. The second kappa shape index (κ2) is 9.67. The van der Waals surface area contributed by atoms with Crippen molar-refractivity contribution in [3.05, 3.63) is 74.7 Å². The number of imidazole rings is 1. The van der Waals surface area contributed by atoms with Crippen LogP contribution in [-0.2, 0) is 35.6 Å². The summed E-state index contributed by atoms with van der Waals surface area (Å²) in [6, 6.07) is 8.31. The van der Waals surface area contributed by atoms with Gasteiger partial charge in [0.05, 0.1) is 37.1 Å². The van der Waals surface area contributed by atoms with Crippen molar-refractivity contribution < 1.29 is 9.47 Å². The third-order valence-corrected chi connectivity index (χ3v) is 6.80. The van der Waals surface area contributed by atoms with Gasteiger partial charge in [0.2, 0.25) is 0 Å². The largest absolute Gasteiger partial charge is 0.380 e. The lowest BCUT2D eigenvalue weighted by Crippen LogP contribution is -2.36. The summed E-state index contributed by atoms with van der Waals surface area (Å²) in [6.45, 7) is 3.31. The topological polar surface area (TPSA) is 74.4 Å². The fourth-order valence-electron chi connectivity index (χ4n) is 4.68. The Kier molecular flexibility index (Phi) is 6.48. The van der Waals surface area contributed by atoms with Crippen molar-refractivity contribution in [2.24, 2.45) is 0 Å². The third-order valence-electron chi connectivity index (χ3n) is 6.45. The molecule has 0 bridgehead atoms. The van der Waals surface area contributed by atoms with Crippen molar-refractivity contribution in [3.8, 4) is 0 Å². The lowest BCUT2D eigenvalue weighted by Gasteiger charge is -2.30. The van der Waals surface area contributed by atoms with Crippen molar-refractivity contribution in [2.75, 3.05) is 25.2 Å². The predicted molar refractivity (Wildman–Crippen MR) is 126 cm³/mol. The number of rotatable bonds is 6. The number of hydrogen-bond donors (Lipinski definition) is 0. The maximum absolute atomic E-state index is 12.9. The van der Waals surface area contributed by atoms with Crippen LogP contribution in [0.4, 0.5) is 5.69 Å². The van der Waals surface area contributed by atoms with Crippen molar-refractivity contribution in [1.29, 1.82) is 0 Å². The molecule has 8 nitrogen and oxygen atoms in total. The Hall–Kier alpha value is -2.68. The maximum atomic E-state index is 12.9. The Morgan fingerprint density at radius 3 is 2.88 bits per heavy atom. The number of ether oxygens (including phenoxy) is 2. The lowest BCUT2D eigenvalue weighted by atomic mass is 10.1. The van der Waals surface area contributed by atoms with Gasteiger partial charge in [-0.05, 0) is 30.4 Å². The van der Waals surface area contributed by atoms with E-state index in [1.165, 1.54) is 21.5 Å². The molecular weight excluding hydrogens is 442 g/mol. The minimum Gasteiger partial charge on any atom is -0.380 e. The van der Waals surface area contributed by atoms with E-state index in [0.717, 1.165) is 44.5 Å². The monoisotopic (exact) mass is 469 g/mol. The standard InChI is InChI=1S/C24H28ClN5O3/c1-32-15-18-7-3-2-6-17(18)13-29-16-26-19-14-28(10-9-20(19)29)21-12-27-30(24(31)23(21)25)22-8-4-5-11-33-22/h2-3,6-7,12,16,22H,4-5,8-11,13-15H2,1H3. The molecule has 3 aromatic rings. The molecule has 1 atom stereocenters. The van der Waals surface area contributed by atoms with E-state index in [-0.39, 0.29) is 16.8 Å². The molecular formula is C24H28ClN5O3. The molecule has 0 N–H and O–H groups in total. The van der Waals surface area contributed by atoms with Gasteiger partial charge >= 0.3 is 0 Å². The van der Waals surface area contributed by atoms with Crippen LogP contribution in [0.5, 0.6) is 0 Å². The molecule has 9 heteroatoms. The van der Waals surface area contributed by atoms with Crippen LogP contribution in [-0.4, -0.2) is 39.6 Å². The van der Waals surface area contributed by atoms with Gasteiger partial charge in [0, 0.05) is 38.9 Å². The van der Waals surface area contributed by atoms with Gasteiger partial charge < -0.3 is 18.9 Å². The van der Waals surface area contributed by atoms with Crippen molar-refractivity contribution in [3.63, 3.8) is 0 Å². The predicted octanol–water partition coefficient (Wildman–Crippen LogP) is 3.55. The number of anilines is 1. The smallest absolute Gasteiger partial charge is 0.290 e. The molecule has 0 aliphatic carbocycles. The second-order valence-corrected chi connectivity index (χ2v) is 8.93. The molecule has 1 fully saturated rings. The molecule has 0 amide bonds. The molecule has 5 rings (SSSR count). The van der Waals surface area contributed by atoms with E-state index in [1.54, 1.807) is 13.3 Å². The van der Waals surface area contributed by atoms with E-state index < -0.39 is 0 Å². The van der Waals surface area contributed by atoms with Gasteiger partial charge in [0.25, 0.3) is 5.56 Å². The van der Waals surface area contributed by atoms with Crippen LogP contribution in [0, 0.1) is 0 Å². The number of hydrogen-bond acceptors (Lipinski definition) is 6. The van der Waals surface area contributed by atoms with Crippen LogP contribution >= 0.6 is 11.6 Å². The molecule has 1 unspecified atom stereocenters. The quantitative estimate of drug-likeness (QED) is 0.549. The summed E-state index contributed by atoms with van der Waals surface area (Å²) in [4.78, 5) is 19.7. The molecule has 0 radical (unpaired) electrons. The van der Waals surface area contributed by atoms with Gasteiger partial charge in [-0.15, -0.1) is 0 Å². The summed E-state index contributed by atoms with van der Waals surface area (Å²) in [5.41, 5.74) is 4.97. The number of methoxy groups -OCH3 is 1. The zero-order valence-corrected chi connectivity index (χ0v) is 19.5. The number of aromatic nitrogens is 4. The van der Waals surface area contributed by atoms with Gasteiger partial charge in [-0.2, -0.15) is 9.78 Å². The van der Waals surface area contributed by atoms with E-state index in [2.05, 4.69) is 37.7 Å². The Bertz CT molecular complexity index is 1190. The maximum Gasteiger partial charge on any atom is 0.290 e. The van der Waals surface area contributed by atoms with E-state index in [1.807, 2.05) is 12.4 Å². The van der Waals surface area contributed by atoms with Crippen LogP contribution in [0.15, 0.2) is 41.6 Å². The van der Waals surface area contributed by atoms with Crippen LogP contribution in [0.1, 0.15) is 48.0 Å². The van der Waals surface area contributed by atoms with Crippen LogP contribution < -0.4 is 10.5 Å². The van der Waals surface area contributed by atoms with Crippen molar-refractivity contribution in [2.45, 2.75) is 51.6 Å². The average Bonchev–Trinajstić information content (AvgIpc) is 3.24. The molecule has 2 aliphatic heterocycles. The third kappa shape index (κ3) is 4.43. The highest BCUT2D eigenvalue weighted by Gasteiger charge is 2.26. The van der Waals surface area contributed by atoms with Crippen molar-refractivity contribution >= 4 is 17.3 Å². The molecule has 1 aromatic carbocycles. The first-order valence-electron chi connectivity index (χ1n) is 11.4. The number of benzene rings is 1. The van der Waals surface area contributed by atoms with Gasteiger partial charge in [0.15, 0.2) is 6.23 Å². The molecule has 4 heterocycles. The van der Waals surface area contributed by atoms with E-state index in [0.29, 0.717) is 25.4 Å². The SMILES string of the molecule is COCc1ccccc1Cn1cnc2c1CCN(c1cnn(C3CCCCO3)c(=O)c1Cl)C2. The highest BCUT2D eigenvalue weighted by molar-refractivity contribution is 6.33. The van der Waals surface area contributed by atoms with Gasteiger partial charge in [0.1, 0.15) is 5.02 Å². The summed E-state index contributed by atoms with van der Waals surface area (Å²) < 4.78 is 14.6. The minimum absolute atomic E-state index is 0.190. The lowest BCUT2D eigenvalue weighted by molar-refractivity contribution is -0.0424. The van der Waals surface area contributed by atoms with E-state index in [9.17, 15) is 4.79 Å². The fraction of sp³-hybridized carbons (Fsp3) is 0.458. The zero-order chi connectivity index (χ0) is 22.8. The normalized spacial score (nSPS) is 18.4. The molecule has 174 valence electrons. The summed E-state index contributed by atoms with van der Waals surface area (Å²) in [7, 11) is 1.71. The molecule has 0 spiro atoms. The van der Waals surface area contributed by atoms with Crippen LogP contribution in [0.3, 0.4) is 0 Å². The van der Waals surface area contributed by atoms with E-state index >= 15 is 0 Å². The summed E-state index contributed by atoms with van der Waals surface area (Å²) in [5, 5.41) is 4.59. The summed E-state index contributed by atoms with van der Waals surface area (Å²) >= 11 is 6.53. The molecule has 1 saturated heterocycles. The summed E-state index contributed by atoms with van der Waals surface area (Å²) in [5.74, 6) is 0. The first kappa shape index (κ1) is 22.1. The summed E-state index contributed by atoms with van der Waals surface area (Å²) in [6.07, 6.45) is 6.87. The van der Waals surface area contributed by atoms with Gasteiger partial charge in [-0.1, -0.05) is 35.9 Å². The molecule has 2 aliphatic rings. The van der Waals surface area contributed by atoms with Crippen LogP contribution in [0.2, 0.25) is 5.02 Å². The Morgan fingerprint density at radius 2 is 2.09 bits per heavy atom. The molecule has 2 aromatic heterocycles. The number of fused-ring (bicyclic) bond motifs is 1. The zero-order valence-electron chi connectivity index (χ0n) is 18.7.